The van der Waals surface area contributed by atoms with Crippen molar-refractivity contribution in [2.75, 3.05) is 23.8 Å². The van der Waals surface area contributed by atoms with Crippen LogP contribution < -0.4 is 5.73 Å². The summed E-state index contributed by atoms with van der Waals surface area (Å²) in [5.74, 6) is 2.22. The van der Waals surface area contributed by atoms with Crippen LogP contribution in [0.1, 0.15) is 22.3 Å². The molecule has 0 aliphatic carbocycles. The summed E-state index contributed by atoms with van der Waals surface area (Å²) in [6.07, 6.45) is 5.74. The third-order valence-corrected chi connectivity index (χ3v) is 5.45. The average molecular weight is 306 g/mol. The van der Waals surface area contributed by atoms with Crippen molar-refractivity contribution in [2.45, 2.75) is 19.4 Å². The zero-order valence-corrected chi connectivity index (χ0v) is 12.7. The number of sulfone groups is 1. The molecule has 0 radical (unpaired) electrons. The Balaban J connectivity index is 2.28. The van der Waals surface area contributed by atoms with Gasteiger partial charge in [0.2, 0.25) is 0 Å². The maximum absolute atomic E-state index is 12.6. The number of nitrogen functional groups attached to an aromatic ring is 1. The summed E-state index contributed by atoms with van der Waals surface area (Å²) >= 11 is 0. The molecule has 1 unspecified atom stereocenters. The van der Waals surface area contributed by atoms with E-state index in [2.05, 4.69) is 5.92 Å². The zero-order valence-electron chi connectivity index (χ0n) is 11.9. The molecule has 6 heteroatoms. The highest BCUT2D eigenvalue weighted by Crippen LogP contribution is 2.21. The molecule has 0 saturated carbocycles. The molecular formula is C15H18N2O3S. The van der Waals surface area contributed by atoms with Gasteiger partial charge in [0, 0.05) is 17.3 Å². The predicted octanol–water partition coefficient (Wildman–Crippen LogP) is 0.840. The molecule has 21 heavy (non-hydrogen) atoms. The Hall–Kier alpha value is -2.00. The molecule has 1 saturated heterocycles. The number of rotatable bonds is 3. The van der Waals surface area contributed by atoms with Gasteiger partial charge in [-0.2, -0.15) is 0 Å². The SMILES string of the molecule is C#CCN(C(=O)c1ccc(C)c(N)c1)C1CCS(=O)(=O)C1. The number of hydrogen-bond donors (Lipinski definition) is 1. The minimum atomic E-state index is -3.08. The normalized spacial score (nSPS) is 19.9. The van der Waals surface area contributed by atoms with E-state index < -0.39 is 9.84 Å². The van der Waals surface area contributed by atoms with Gasteiger partial charge in [0.25, 0.3) is 5.91 Å². The maximum Gasteiger partial charge on any atom is 0.254 e. The van der Waals surface area contributed by atoms with Gasteiger partial charge in [-0.25, -0.2) is 8.42 Å². The topological polar surface area (TPSA) is 80.5 Å². The highest BCUT2D eigenvalue weighted by atomic mass is 32.2. The van der Waals surface area contributed by atoms with Gasteiger partial charge in [0.1, 0.15) is 0 Å². The summed E-state index contributed by atoms with van der Waals surface area (Å²) in [5.41, 5.74) is 7.67. The molecule has 0 aromatic heterocycles. The van der Waals surface area contributed by atoms with E-state index in [1.807, 2.05) is 6.92 Å². The van der Waals surface area contributed by atoms with Gasteiger partial charge in [-0.05, 0) is 31.0 Å². The lowest BCUT2D eigenvalue weighted by Gasteiger charge is -2.26. The number of aryl methyl sites for hydroxylation is 1. The number of terminal acetylenes is 1. The summed E-state index contributed by atoms with van der Waals surface area (Å²) in [5, 5.41) is 0. The largest absolute Gasteiger partial charge is 0.398 e. The second-order valence-electron chi connectivity index (χ2n) is 5.27. The second kappa shape index (κ2) is 5.78. The van der Waals surface area contributed by atoms with Crippen molar-refractivity contribution >= 4 is 21.4 Å². The third-order valence-electron chi connectivity index (χ3n) is 3.70. The fourth-order valence-corrected chi connectivity index (χ4v) is 4.16. The summed E-state index contributed by atoms with van der Waals surface area (Å²) < 4.78 is 23.2. The first kappa shape index (κ1) is 15.4. The van der Waals surface area contributed by atoms with Gasteiger partial charge >= 0.3 is 0 Å². The van der Waals surface area contributed by atoms with Crippen molar-refractivity contribution in [3.63, 3.8) is 0 Å². The molecule has 1 heterocycles. The van der Waals surface area contributed by atoms with Gasteiger partial charge < -0.3 is 10.6 Å². The smallest absolute Gasteiger partial charge is 0.254 e. The van der Waals surface area contributed by atoms with E-state index in [-0.39, 0.29) is 30.0 Å². The van der Waals surface area contributed by atoms with Gasteiger partial charge in [0.05, 0.1) is 18.1 Å². The Kier molecular flexibility index (Phi) is 4.24. The molecule has 1 atom stereocenters. The van der Waals surface area contributed by atoms with Crippen LogP contribution in [0.4, 0.5) is 5.69 Å². The van der Waals surface area contributed by atoms with Crippen LogP contribution >= 0.6 is 0 Å². The molecule has 1 amide bonds. The molecule has 2 rings (SSSR count). The van der Waals surface area contributed by atoms with Crippen molar-refractivity contribution < 1.29 is 13.2 Å². The van der Waals surface area contributed by atoms with Crippen molar-refractivity contribution in [1.82, 2.24) is 4.90 Å². The molecule has 1 aliphatic rings. The van der Waals surface area contributed by atoms with E-state index in [0.29, 0.717) is 17.7 Å². The Morgan fingerprint density at radius 2 is 2.24 bits per heavy atom. The number of hydrogen-bond acceptors (Lipinski definition) is 4. The number of carbonyl (C=O) groups excluding carboxylic acids is 1. The first-order chi connectivity index (χ1) is 9.84. The minimum Gasteiger partial charge on any atom is -0.398 e. The molecule has 1 aromatic carbocycles. The predicted molar refractivity (Wildman–Crippen MR) is 82.5 cm³/mol. The number of nitrogens with two attached hydrogens (primary N) is 1. The molecule has 1 aromatic rings. The summed E-state index contributed by atoms with van der Waals surface area (Å²) in [7, 11) is -3.08. The van der Waals surface area contributed by atoms with Crippen LogP contribution in [0.15, 0.2) is 18.2 Å². The van der Waals surface area contributed by atoms with Crippen LogP contribution in [0, 0.1) is 19.3 Å². The Morgan fingerprint density at radius 3 is 2.76 bits per heavy atom. The molecule has 1 fully saturated rings. The van der Waals surface area contributed by atoms with E-state index in [0.717, 1.165) is 5.56 Å². The van der Waals surface area contributed by atoms with Crippen LogP contribution in [0.5, 0.6) is 0 Å². The first-order valence-electron chi connectivity index (χ1n) is 6.65. The molecule has 112 valence electrons. The number of benzene rings is 1. The zero-order chi connectivity index (χ0) is 15.6. The molecule has 5 nitrogen and oxygen atoms in total. The van der Waals surface area contributed by atoms with Crippen LogP contribution in [-0.2, 0) is 9.84 Å². The Labute approximate surface area is 125 Å². The lowest BCUT2D eigenvalue weighted by atomic mass is 10.1. The van der Waals surface area contributed by atoms with Crippen LogP contribution in [0.25, 0.3) is 0 Å². The molecule has 0 spiro atoms. The van der Waals surface area contributed by atoms with Gasteiger partial charge in [-0.1, -0.05) is 12.0 Å². The summed E-state index contributed by atoms with van der Waals surface area (Å²) in [6, 6.07) is 4.69. The van der Waals surface area contributed by atoms with Crippen LogP contribution in [-0.4, -0.2) is 43.3 Å². The van der Waals surface area contributed by atoms with E-state index in [1.165, 1.54) is 4.90 Å². The third kappa shape index (κ3) is 3.37. The van der Waals surface area contributed by atoms with Crippen LogP contribution in [0.2, 0.25) is 0 Å². The minimum absolute atomic E-state index is 0.0260. The quantitative estimate of drug-likeness (QED) is 0.663. The van der Waals surface area contributed by atoms with Gasteiger partial charge in [-0.3, -0.25) is 4.79 Å². The fraction of sp³-hybridized carbons (Fsp3) is 0.400. The Morgan fingerprint density at radius 1 is 1.52 bits per heavy atom. The maximum atomic E-state index is 12.6. The van der Waals surface area contributed by atoms with E-state index in [1.54, 1.807) is 18.2 Å². The van der Waals surface area contributed by atoms with E-state index in [9.17, 15) is 13.2 Å². The average Bonchev–Trinajstić information content (AvgIpc) is 2.78. The number of anilines is 1. The second-order valence-corrected chi connectivity index (χ2v) is 7.49. The van der Waals surface area contributed by atoms with Crippen molar-refractivity contribution in [2.24, 2.45) is 0 Å². The van der Waals surface area contributed by atoms with E-state index >= 15 is 0 Å². The number of nitrogens with zero attached hydrogens (tertiary/aromatic N) is 1. The van der Waals surface area contributed by atoms with Crippen molar-refractivity contribution in [1.29, 1.82) is 0 Å². The summed E-state index contributed by atoms with van der Waals surface area (Å²) in [4.78, 5) is 14.0. The van der Waals surface area contributed by atoms with Crippen molar-refractivity contribution in [3.05, 3.63) is 29.3 Å². The van der Waals surface area contributed by atoms with Gasteiger partial charge in [0.15, 0.2) is 9.84 Å². The molecule has 1 aliphatic heterocycles. The summed E-state index contributed by atoms with van der Waals surface area (Å²) in [6.45, 7) is 1.94. The van der Waals surface area contributed by atoms with E-state index in [4.69, 9.17) is 12.2 Å². The highest BCUT2D eigenvalue weighted by molar-refractivity contribution is 7.91. The van der Waals surface area contributed by atoms with Gasteiger partial charge in [-0.15, -0.1) is 6.42 Å². The lowest BCUT2D eigenvalue weighted by Crippen LogP contribution is -2.41. The number of amides is 1. The van der Waals surface area contributed by atoms with Crippen molar-refractivity contribution in [3.8, 4) is 12.3 Å². The monoisotopic (exact) mass is 306 g/mol. The number of carbonyl (C=O) groups is 1. The Bertz CT molecular complexity index is 704. The van der Waals surface area contributed by atoms with Crippen LogP contribution in [0.3, 0.4) is 0 Å². The highest BCUT2D eigenvalue weighted by Gasteiger charge is 2.34. The molecule has 0 bridgehead atoms. The molecular weight excluding hydrogens is 288 g/mol. The fourth-order valence-electron chi connectivity index (χ4n) is 2.43. The first-order valence-corrected chi connectivity index (χ1v) is 8.47. The molecule has 2 N–H and O–H groups in total. The lowest BCUT2D eigenvalue weighted by molar-refractivity contribution is 0.0724. The standard InChI is InChI=1S/C15H18N2O3S/c1-3-7-17(13-6-8-21(19,20)10-13)15(18)12-5-4-11(2)14(16)9-12/h1,4-5,9,13H,6-8,10,16H2,2H3.